The van der Waals surface area contributed by atoms with Crippen molar-refractivity contribution < 1.29 is 23.8 Å². The minimum atomic E-state index is -0.762. The first-order chi connectivity index (χ1) is 13.1. The van der Waals surface area contributed by atoms with E-state index < -0.39 is 12.1 Å². The monoisotopic (exact) mass is 367 g/mol. The summed E-state index contributed by atoms with van der Waals surface area (Å²) in [5, 5.41) is 0. The van der Waals surface area contributed by atoms with Gasteiger partial charge in [0.05, 0.1) is 18.7 Å². The first-order valence-electron chi connectivity index (χ1n) is 8.76. The van der Waals surface area contributed by atoms with Crippen LogP contribution in [0.3, 0.4) is 0 Å². The fourth-order valence-electron chi connectivity index (χ4n) is 2.22. The van der Waals surface area contributed by atoms with Crippen LogP contribution in [0.4, 0.5) is 10.5 Å². The highest BCUT2D eigenvalue weighted by molar-refractivity contribution is 5.91. The van der Waals surface area contributed by atoms with Crippen molar-refractivity contribution >= 4 is 17.8 Å². The van der Waals surface area contributed by atoms with Gasteiger partial charge < -0.3 is 14.2 Å². The second kappa shape index (κ2) is 10.6. The van der Waals surface area contributed by atoms with Gasteiger partial charge in [-0.2, -0.15) is 0 Å². The average molecular weight is 367 g/mol. The standard InChI is InChI=1S/C21H21NO5/c1-3-4-5-6-15-25-21(24)27-19-11-7-16(8-12-19)20(23)26-18-13-9-17(22-2)10-14-18/h7-14H,3-6,15H2,1H3. The number of unbranched alkanes of at least 4 members (excludes halogenated alkanes) is 3. The number of benzene rings is 2. The van der Waals surface area contributed by atoms with Crippen molar-refractivity contribution in [2.45, 2.75) is 32.6 Å². The van der Waals surface area contributed by atoms with Crippen LogP contribution in [0.25, 0.3) is 4.85 Å². The Bertz CT molecular complexity index is 791. The Kier molecular flexibility index (Phi) is 7.86. The zero-order chi connectivity index (χ0) is 19.5. The normalized spacial score (nSPS) is 9.93. The van der Waals surface area contributed by atoms with Crippen LogP contribution in [0, 0.1) is 6.57 Å². The third-order valence-corrected chi connectivity index (χ3v) is 3.69. The van der Waals surface area contributed by atoms with E-state index in [2.05, 4.69) is 11.8 Å². The molecular formula is C21H21NO5. The molecule has 2 aromatic rings. The lowest BCUT2D eigenvalue weighted by Gasteiger charge is -2.07. The van der Waals surface area contributed by atoms with E-state index in [1.807, 2.05) is 0 Å². The molecule has 6 nitrogen and oxygen atoms in total. The Balaban J connectivity index is 1.82. The first kappa shape index (κ1) is 20.0. The average Bonchev–Trinajstić information content (AvgIpc) is 2.69. The molecule has 0 radical (unpaired) electrons. The predicted octanol–water partition coefficient (Wildman–Crippen LogP) is 5.55. The van der Waals surface area contributed by atoms with Crippen LogP contribution in [0.2, 0.25) is 0 Å². The summed E-state index contributed by atoms with van der Waals surface area (Å²) in [5.41, 5.74) is 0.776. The lowest BCUT2D eigenvalue weighted by Crippen LogP contribution is -2.12. The Morgan fingerprint density at radius 1 is 0.889 bits per heavy atom. The van der Waals surface area contributed by atoms with Crippen LogP contribution in [0.5, 0.6) is 11.5 Å². The summed E-state index contributed by atoms with van der Waals surface area (Å²) in [7, 11) is 0. The molecule has 6 heteroatoms. The van der Waals surface area contributed by atoms with E-state index in [1.54, 1.807) is 24.3 Å². The summed E-state index contributed by atoms with van der Waals surface area (Å²) >= 11 is 0. The van der Waals surface area contributed by atoms with Crippen molar-refractivity contribution in [2.24, 2.45) is 0 Å². The third-order valence-electron chi connectivity index (χ3n) is 3.69. The Morgan fingerprint density at radius 3 is 2.15 bits per heavy atom. The minimum absolute atomic E-state index is 0.284. The summed E-state index contributed by atoms with van der Waals surface area (Å²) < 4.78 is 15.3. The molecule has 2 rings (SSSR count). The van der Waals surface area contributed by atoms with Gasteiger partial charge in [0, 0.05) is 0 Å². The molecule has 2 aromatic carbocycles. The Labute approximate surface area is 158 Å². The molecule has 140 valence electrons. The van der Waals surface area contributed by atoms with Crippen molar-refractivity contribution in [3.63, 3.8) is 0 Å². The molecule has 0 atom stereocenters. The number of carbonyl (C=O) groups excluding carboxylic acids is 2. The summed E-state index contributed by atoms with van der Waals surface area (Å²) in [6.45, 7) is 9.34. The second-order valence-corrected chi connectivity index (χ2v) is 5.78. The summed E-state index contributed by atoms with van der Waals surface area (Å²) in [6.07, 6.45) is 3.29. The molecule has 0 aliphatic heterocycles. The highest BCUT2D eigenvalue weighted by atomic mass is 16.7. The lowest BCUT2D eigenvalue weighted by molar-refractivity contribution is 0.0734. The molecule has 0 fully saturated rings. The molecule has 0 aliphatic rings. The smallest absolute Gasteiger partial charge is 0.434 e. The molecule has 0 heterocycles. The quantitative estimate of drug-likeness (QED) is 0.201. The number of hydrogen-bond donors (Lipinski definition) is 0. The Hall–Kier alpha value is -3.33. The van der Waals surface area contributed by atoms with E-state index in [4.69, 9.17) is 20.8 Å². The molecule has 0 unspecified atom stereocenters. The maximum atomic E-state index is 12.1. The van der Waals surface area contributed by atoms with E-state index in [1.165, 1.54) is 24.3 Å². The topological polar surface area (TPSA) is 66.2 Å². The van der Waals surface area contributed by atoms with Crippen LogP contribution >= 0.6 is 0 Å². The van der Waals surface area contributed by atoms with Gasteiger partial charge in [-0.15, -0.1) is 0 Å². The molecule has 0 N–H and O–H groups in total. The molecule has 0 amide bonds. The number of ether oxygens (including phenoxy) is 3. The largest absolute Gasteiger partial charge is 0.513 e. The zero-order valence-electron chi connectivity index (χ0n) is 15.1. The van der Waals surface area contributed by atoms with Gasteiger partial charge in [-0.1, -0.05) is 38.3 Å². The molecule has 0 saturated carbocycles. The lowest BCUT2D eigenvalue weighted by atomic mass is 10.2. The number of carbonyl (C=O) groups is 2. The van der Waals surface area contributed by atoms with Gasteiger partial charge in [0.2, 0.25) is 0 Å². The maximum absolute atomic E-state index is 12.1. The molecule has 27 heavy (non-hydrogen) atoms. The van der Waals surface area contributed by atoms with Gasteiger partial charge in [0.25, 0.3) is 0 Å². The van der Waals surface area contributed by atoms with Crippen molar-refractivity contribution in [2.75, 3.05) is 6.61 Å². The van der Waals surface area contributed by atoms with Crippen LogP contribution in [0.15, 0.2) is 48.5 Å². The molecule has 0 aliphatic carbocycles. The summed E-state index contributed by atoms with van der Waals surface area (Å²) in [6, 6.07) is 12.2. The van der Waals surface area contributed by atoms with Gasteiger partial charge in [-0.05, 0) is 42.8 Å². The SMILES string of the molecule is [C-]#[N+]c1ccc(OC(=O)c2ccc(OC(=O)OCCCCCC)cc2)cc1. The van der Waals surface area contributed by atoms with E-state index >= 15 is 0 Å². The maximum Gasteiger partial charge on any atom is 0.513 e. The number of rotatable bonds is 8. The number of hydrogen-bond acceptors (Lipinski definition) is 5. The Morgan fingerprint density at radius 2 is 1.52 bits per heavy atom. The first-order valence-corrected chi connectivity index (χ1v) is 8.76. The van der Waals surface area contributed by atoms with E-state index in [9.17, 15) is 9.59 Å². The van der Waals surface area contributed by atoms with Gasteiger partial charge in [0.15, 0.2) is 5.69 Å². The second-order valence-electron chi connectivity index (χ2n) is 5.78. The minimum Gasteiger partial charge on any atom is -0.434 e. The summed E-state index contributed by atoms with van der Waals surface area (Å²) in [5.74, 6) is 0.0847. The third kappa shape index (κ3) is 6.83. The van der Waals surface area contributed by atoms with Crippen molar-refractivity contribution in [3.05, 3.63) is 65.5 Å². The van der Waals surface area contributed by atoms with Gasteiger partial charge in [0.1, 0.15) is 11.5 Å². The molecule has 0 spiro atoms. The highest BCUT2D eigenvalue weighted by Crippen LogP contribution is 2.20. The zero-order valence-corrected chi connectivity index (χ0v) is 15.1. The van der Waals surface area contributed by atoms with Gasteiger partial charge >= 0.3 is 12.1 Å². The van der Waals surface area contributed by atoms with Crippen molar-refractivity contribution in [1.82, 2.24) is 0 Å². The van der Waals surface area contributed by atoms with Crippen molar-refractivity contribution in [1.29, 1.82) is 0 Å². The van der Waals surface area contributed by atoms with Crippen LogP contribution in [-0.2, 0) is 4.74 Å². The van der Waals surface area contributed by atoms with Crippen LogP contribution < -0.4 is 9.47 Å². The van der Waals surface area contributed by atoms with E-state index in [0.29, 0.717) is 23.6 Å². The number of nitrogens with zero attached hydrogens (tertiary/aromatic N) is 1. The molecule has 0 aromatic heterocycles. The number of esters is 1. The fourth-order valence-corrected chi connectivity index (χ4v) is 2.22. The van der Waals surface area contributed by atoms with Crippen molar-refractivity contribution in [3.8, 4) is 11.5 Å². The molecule has 0 bridgehead atoms. The fraction of sp³-hybridized carbons (Fsp3) is 0.286. The predicted molar refractivity (Wildman–Crippen MR) is 100 cm³/mol. The van der Waals surface area contributed by atoms with Crippen LogP contribution in [-0.4, -0.2) is 18.7 Å². The van der Waals surface area contributed by atoms with E-state index in [0.717, 1.165) is 25.7 Å². The highest BCUT2D eigenvalue weighted by Gasteiger charge is 2.11. The summed E-state index contributed by atoms with van der Waals surface area (Å²) in [4.78, 5) is 27.0. The van der Waals surface area contributed by atoms with Gasteiger partial charge in [-0.3, -0.25) is 0 Å². The molecular weight excluding hydrogens is 346 g/mol. The van der Waals surface area contributed by atoms with Crippen LogP contribution in [0.1, 0.15) is 43.0 Å². The van der Waals surface area contributed by atoms with E-state index in [-0.39, 0.29) is 5.75 Å². The van der Waals surface area contributed by atoms with Gasteiger partial charge in [-0.25, -0.2) is 14.4 Å². The molecule has 0 saturated heterocycles.